The highest BCUT2D eigenvalue weighted by atomic mass is 127. The Balaban J connectivity index is 0.00000225. The number of fused-ring (bicyclic) bond motifs is 1. The predicted molar refractivity (Wildman–Crippen MR) is 111 cm³/mol. The molecular formula is C18H27IN6. The molecule has 3 rings (SSSR count). The second-order valence-corrected chi connectivity index (χ2v) is 6.24. The molecule has 0 spiro atoms. The number of hydrogen-bond donors (Lipinski definition) is 1. The fraction of sp³-hybridized carbons (Fsp3) is 0.500. The minimum absolute atomic E-state index is 0. The van der Waals surface area contributed by atoms with Crippen LogP contribution < -0.4 is 5.32 Å². The summed E-state index contributed by atoms with van der Waals surface area (Å²) in [5, 5.41) is 11.9. The average Bonchev–Trinajstić information content (AvgIpc) is 3.17. The number of aliphatic imine (C=N–C) groups is 1. The van der Waals surface area contributed by atoms with E-state index < -0.39 is 0 Å². The average molecular weight is 454 g/mol. The van der Waals surface area contributed by atoms with Gasteiger partial charge in [-0.05, 0) is 31.4 Å². The van der Waals surface area contributed by atoms with Gasteiger partial charge in [0, 0.05) is 33.1 Å². The van der Waals surface area contributed by atoms with Crippen molar-refractivity contribution in [2.24, 2.45) is 4.99 Å². The molecule has 0 fully saturated rings. The molecule has 0 amide bonds. The first-order chi connectivity index (χ1) is 11.7. The Morgan fingerprint density at radius 2 is 2.12 bits per heavy atom. The van der Waals surface area contributed by atoms with Crippen LogP contribution in [0.15, 0.2) is 29.3 Å². The third-order valence-corrected chi connectivity index (χ3v) is 4.42. The van der Waals surface area contributed by atoms with Gasteiger partial charge in [0.25, 0.3) is 0 Å². The van der Waals surface area contributed by atoms with Gasteiger partial charge in [-0.3, -0.25) is 0 Å². The number of nitrogens with one attached hydrogen (secondary N) is 1. The molecule has 1 aromatic carbocycles. The van der Waals surface area contributed by atoms with E-state index in [0.717, 1.165) is 50.1 Å². The van der Waals surface area contributed by atoms with E-state index in [2.05, 4.69) is 70.1 Å². The van der Waals surface area contributed by atoms with Gasteiger partial charge in [-0.1, -0.05) is 24.3 Å². The van der Waals surface area contributed by atoms with Crippen molar-refractivity contribution in [2.45, 2.75) is 46.3 Å². The first kappa shape index (κ1) is 19.7. The van der Waals surface area contributed by atoms with Crippen LogP contribution >= 0.6 is 24.0 Å². The highest BCUT2D eigenvalue weighted by Crippen LogP contribution is 2.15. The lowest BCUT2D eigenvalue weighted by Crippen LogP contribution is -2.38. The molecule has 0 atom stereocenters. The van der Waals surface area contributed by atoms with E-state index in [9.17, 15) is 0 Å². The fourth-order valence-corrected chi connectivity index (χ4v) is 3.06. The van der Waals surface area contributed by atoms with Gasteiger partial charge in [-0.2, -0.15) is 0 Å². The van der Waals surface area contributed by atoms with Crippen molar-refractivity contribution in [3.63, 3.8) is 0 Å². The molecule has 1 aromatic heterocycles. The Morgan fingerprint density at radius 1 is 1.32 bits per heavy atom. The largest absolute Gasteiger partial charge is 0.357 e. The van der Waals surface area contributed by atoms with Gasteiger partial charge in [0.05, 0.1) is 0 Å². The number of halogens is 1. The number of rotatable bonds is 5. The van der Waals surface area contributed by atoms with Crippen LogP contribution in [-0.2, 0) is 26.1 Å². The molecule has 1 aliphatic rings. The zero-order chi connectivity index (χ0) is 16.9. The van der Waals surface area contributed by atoms with Gasteiger partial charge in [-0.25, -0.2) is 4.99 Å². The van der Waals surface area contributed by atoms with Crippen molar-refractivity contribution in [1.29, 1.82) is 0 Å². The molecule has 0 saturated carbocycles. The highest BCUT2D eigenvalue weighted by Gasteiger charge is 2.17. The molecular weight excluding hydrogens is 427 g/mol. The third kappa shape index (κ3) is 4.71. The number of benzene rings is 1. The van der Waals surface area contributed by atoms with E-state index >= 15 is 0 Å². The molecule has 2 heterocycles. The first-order valence-corrected chi connectivity index (χ1v) is 8.64. The second-order valence-electron chi connectivity index (χ2n) is 6.24. The standard InChI is InChI=1S/C18H26N6.HI/c1-4-19-18(23(3)13-15-9-6-5-8-14(15)2)20-12-17-22-21-16-10-7-11-24(16)17;/h5-6,8-9H,4,7,10-13H2,1-3H3,(H,19,20);1H. The van der Waals surface area contributed by atoms with Gasteiger partial charge >= 0.3 is 0 Å². The SMILES string of the molecule is CCNC(=NCc1nnc2n1CCC2)N(C)Cc1ccccc1C.I. The van der Waals surface area contributed by atoms with Crippen molar-refractivity contribution in [2.75, 3.05) is 13.6 Å². The fourth-order valence-electron chi connectivity index (χ4n) is 3.06. The van der Waals surface area contributed by atoms with Crippen LogP contribution in [0.5, 0.6) is 0 Å². The van der Waals surface area contributed by atoms with E-state index in [1.807, 2.05) is 0 Å². The number of hydrogen-bond acceptors (Lipinski definition) is 3. The Bertz CT molecular complexity index is 724. The van der Waals surface area contributed by atoms with Crippen LogP contribution in [0, 0.1) is 6.92 Å². The van der Waals surface area contributed by atoms with Gasteiger partial charge in [-0.15, -0.1) is 34.2 Å². The highest BCUT2D eigenvalue weighted by molar-refractivity contribution is 14.0. The molecule has 136 valence electrons. The number of aryl methyl sites for hydroxylation is 2. The van der Waals surface area contributed by atoms with Crippen LogP contribution in [0.2, 0.25) is 0 Å². The van der Waals surface area contributed by atoms with E-state index in [1.165, 1.54) is 11.1 Å². The Hall–Kier alpha value is -1.64. The lowest BCUT2D eigenvalue weighted by molar-refractivity contribution is 0.474. The van der Waals surface area contributed by atoms with Crippen molar-refractivity contribution in [3.05, 3.63) is 47.0 Å². The molecule has 0 unspecified atom stereocenters. The summed E-state index contributed by atoms with van der Waals surface area (Å²) >= 11 is 0. The zero-order valence-electron chi connectivity index (χ0n) is 15.2. The summed E-state index contributed by atoms with van der Waals surface area (Å²) in [5.41, 5.74) is 2.62. The lowest BCUT2D eigenvalue weighted by Gasteiger charge is -2.23. The summed E-state index contributed by atoms with van der Waals surface area (Å²) in [7, 11) is 2.07. The monoisotopic (exact) mass is 454 g/mol. The molecule has 6 nitrogen and oxygen atoms in total. The van der Waals surface area contributed by atoms with Crippen molar-refractivity contribution in [1.82, 2.24) is 25.0 Å². The van der Waals surface area contributed by atoms with Gasteiger partial charge in [0.15, 0.2) is 11.8 Å². The minimum atomic E-state index is 0. The normalized spacial score (nSPS) is 13.3. The Kier molecular flexibility index (Phi) is 7.22. The molecule has 7 heteroatoms. The maximum Gasteiger partial charge on any atom is 0.194 e. The molecule has 2 aromatic rings. The zero-order valence-corrected chi connectivity index (χ0v) is 17.5. The Labute approximate surface area is 166 Å². The van der Waals surface area contributed by atoms with E-state index in [0.29, 0.717) is 6.54 Å². The van der Waals surface area contributed by atoms with Crippen LogP contribution in [0.4, 0.5) is 0 Å². The summed E-state index contributed by atoms with van der Waals surface area (Å²) in [6.07, 6.45) is 2.19. The molecule has 0 bridgehead atoms. The van der Waals surface area contributed by atoms with Crippen LogP contribution in [0.25, 0.3) is 0 Å². The summed E-state index contributed by atoms with van der Waals surface area (Å²) < 4.78 is 2.20. The molecule has 0 saturated heterocycles. The third-order valence-electron chi connectivity index (χ3n) is 4.42. The maximum absolute atomic E-state index is 4.77. The second kappa shape index (κ2) is 9.17. The van der Waals surface area contributed by atoms with E-state index in [4.69, 9.17) is 4.99 Å². The molecule has 1 aliphatic heterocycles. The Morgan fingerprint density at radius 3 is 2.88 bits per heavy atom. The molecule has 1 N–H and O–H groups in total. The maximum atomic E-state index is 4.77. The minimum Gasteiger partial charge on any atom is -0.357 e. The summed E-state index contributed by atoms with van der Waals surface area (Å²) in [6, 6.07) is 8.47. The van der Waals surface area contributed by atoms with E-state index in [-0.39, 0.29) is 24.0 Å². The quantitative estimate of drug-likeness (QED) is 0.429. The molecule has 25 heavy (non-hydrogen) atoms. The molecule has 0 radical (unpaired) electrons. The van der Waals surface area contributed by atoms with Crippen LogP contribution in [-0.4, -0.2) is 39.2 Å². The van der Waals surface area contributed by atoms with Gasteiger partial charge < -0.3 is 14.8 Å². The van der Waals surface area contributed by atoms with Crippen molar-refractivity contribution in [3.8, 4) is 0 Å². The van der Waals surface area contributed by atoms with Crippen molar-refractivity contribution < 1.29 is 0 Å². The topological polar surface area (TPSA) is 58.3 Å². The summed E-state index contributed by atoms with van der Waals surface area (Å²) in [4.78, 5) is 6.93. The lowest BCUT2D eigenvalue weighted by atomic mass is 10.1. The summed E-state index contributed by atoms with van der Waals surface area (Å²) in [5.74, 6) is 2.96. The first-order valence-electron chi connectivity index (χ1n) is 8.64. The predicted octanol–water partition coefficient (Wildman–Crippen LogP) is 2.75. The van der Waals surface area contributed by atoms with Crippen molar-refractivity contribution >= 4 is 29.9 Å². The summed E-state index contributed by atoms with van der Waals surface area (Å²) in [6.45, 7) is 7.49. The number of guanidine groups is 1. The number of aromatic nitrogens is 3. The number of nitrogens with zero attached hydrogens (tertiary/aromatic N) is 5. The van der Waals surface area contributed by atoms with Gasteiger partial charge in [0.1, 0.15) is 12.4 Å². The van der Waals surface area contributed by atoms with Crippen LogP contribution in [0.3, 0.4) is 0 Å². The van der Waals surface area contributed by atoms with Gasteiger partial charge in [0.2, 0.25) is 0 Å². The van der Waals surface area contributed by atoms with E-state index in [1.54, 1.807) is 0 Å². The molecule has 0 aliphatic carbocycles. The van der Waals surface area contributed by atoms with Crippen LogP contribution in [0.1, 0.15) is 36.1 Å². The smallest absolute Gasteiger partial charge is 0.194 e.